The lowest BCUT2D eigenvalue weighted by Crippen LogP contribution is -2.16. The van der Waals surface area contributed by atoms with E-state index in [4.69, 9.17) is 0 Å². The Bertz CT molecular complexity index is 2400. The zero-order chi connectivity index (χ0) is 30.1. The first-order valence-corrected chi connectivity index (χ1v) is 16.4. The highest BCUT2D eigenvalue weighted by molar-refractivity contribution is 7.25. The standard InChI is InChI=1S/C43H31NS/c1-43(2)37-18-10-8-17-36(37)41-38(43)26-30-14-6-7-15-33(30)42(41)44(31-22-20-29(21-23-31)28-12-4-3-5-13-28)32-24-25-35-34-16-9-11-19-39(34)45-40(35)27-32/h3-27H,1-2H3. The minimum absolute atomic E-state index is 0.108. The molecular formula is C43H31NS. The van der Waals surface area contributed by atoms with Gasteiger partial charge in [-0.15, -0.1) is 11.3 Å². The summed E-state index contributed by atoms with van der Waals surface area (Å²) in [7, 11) is 0. The summed E-state index contributed by atoms with van der Waals surface area (Å²) in [6.07, 6.45) is 0. The summed E-state index contributed by atoms with van der Waals surface area (Å²) in [6, 6.07) is 55.8. The predicted octanol–water partition coefficient (Wildman–Crippen LogP) is 12.7. The van der Waals surface area contributed by atoms with Crippen molar-refractivity contribution in [2.45, 2.75) is 19.3 Å². The van der Waals surface area contributed by atoms with Crippen molar-refractivity contribution in [2.24, 2.45) is 0 Å². The van der Waals surface area contributed by atoms with Crippen LogP contribution in [0.4, 0.5) is 17.1 Å². The topological polar surface area (TPSA) is 3.24 Å². The summed E-state index contributed by atoms with van der Waals surface area (Å²) in [5.74, 6) is 0. The fourth-order valence-electron chi connectivity index (χ4n) is 7.41. The highest BCUT2D eigenvalue weighted by Gasteiger charge is 2.39. The number of fused-ring (bicyclic) bond motifs is 7. The molecule has 0 N–H and O–H groups in total. The Morgan fingerprint density at radius 1 is 0.489 bits per heavy atom. The van der Waals surface area contributed by atoms with E-state index >= 15 is 0 Å². The zero-order valence-electron chi connectivity index (χ0n) is 25.3. The van der Waals surface area contributed by atoms with Crippen molar-refractivity contribution in [1.82, 2.24) is 0 Å². The highest BCUT2D eigenvalue weighted by Crippen LogP contribution is 2.56. The molecule has 9 rings (SSSR count). The van der Waals surface area contributed by atoms with Crippen LogP contribution in [0.25, 0.3) is 53.2 Å². The number of benzene rings is 7. The van der Waals surface area contributed by atoms with Gasteiger partial charge in [0.25, 0.3) is 0 Å². The second-order valence-corrected chi connectivity index (χ2v) is 13.7. The molecule has 0 unspecified atom stereocenters. The minimum Gasteiger partial charge on any atom is -0.309 e. The van der Waals surface area contributed by atoms with Crippen LogP contribution in [0.15, 0.2) is 152 Å². The SMILES string of the molecule is CC1(C)c2ccccc2-c2c1cc1ccccc1c2N(c1ccc(-c2ccccc2)cc1)c1ccc2c(c1)sc1ccccc12. The molecule has 0 radical (unpaired) electrons. The molecule has 2 heteroatoms. The normalized spacial score (nSPS) is 13.3. The number of thiophene rings is 1. The van der Waals surface area contributed by atoms with Crippen molar-refractivity contribution in [2.75, 3.05) is 4.90 Å². The third-order valence-corrected chi connectivity index (χ3v) is 10.8. The van der Waals surface area contributed by atoms with Crippen molar-refractivity contribution in [3.05, 3.63) is 163 Å². The van der Waals surface area contributed by atoms with E-state index in [0.29, 0.717) is 0 Å². The van der Waals surface area contributed by atoms with Crippen LogP contribution in [0.2, 0.25) is 0 Å². The average Bonchev–Trinajstić information content (AvgIpc) is 3.57. The van der Waals surface area contributed by atoms with Crippen LogP contribution in [0.3, 0.4) is 0 Å². The van der Waals surface area contributed by atoms with E-state index in [9.17, 15) is 0 Å². The van der Waals surface area contributed by atoms with E-state index in [1.165, 1.54) is 75.7 Å². The second-order valence-electron chi connectivity index (χ2n) is 12.6. The Hall–Kier alpha value is -5.18. The number of anilines is 3. The third-order valence-electron chi connectivity index (χ3n) is 9.64. The Morgan fingerprint density at radius 2 is 1.13 bits per heavy atom. The molecule has 0 aliphatic heterocycles. The first-order chi connectivity index (χ1) is 22.1. The monoisotopic (exact) mass is 593 g/mol. The lowest BCUT2D eigenvalue weighted by Gasteiger charge is -2.30. The largest absolute Gasteiger partial charge is 0.309 e. The van der Waals surface area contributed by atoms with Gasteiger partial charge in [0.2, 0.25) is 0 Å². The molecule has 0 fully saturated rings. The maximum atomic E-state index is 2.51. The maximum Gasteiger partial charge on any atom is 0.0621 e. The fourth-order valence-corrected chi connectivity index (χ4v) is 8.55. The van der Waals surface area contributed by atoms with Gasteiger partial charge in [-0.2, -0.15) is 0 Å². The van der Waals surface area contributed by atoms with Gasteiger partial charge in [0.1, 0.15) is 0 Å². The van der Waals surface area contributed by atoms with Gasteiger partial charge in [0.05, 0.1) is 5.69 Å². The molecular weight excluding hydrogens is 563 g/mol. The quantitative estimate of drug-likeness (QED) is 0.196. The molecule has 8 aromatic rings. The molecule has 1 nitrogen and oxygen atoms in total. The van der Waals surface area contributed by atoms with Crippen LogP contribution in [-0.4, -0.2) is 0 Å². The van der Waals surface area contributed by atoms with Gasteiger partial charge < -0.3 is 4.90 Å². The Labute approximate surface area is 267 Å². The van der Waals surface area contributed by atoms with Crippen LogP contribution in [0.5, 0.6) is 0 Å². The smallest absolute Gasteiger partial charge is 0.0621 e. The Morgan fingerprint density at radius 3 is 1.98 bits per heavy atom. The summed E-state index contributed by atoms with van der Waals surface area (Å²) >= 11 is 1.87. The number of hydrogen-bond acceptors (Lipinski definition) is 2. The first kappa shape index (κ1) is 26.2. The lowest BCUT2D eigenvalue weighted by atomic mass is 9.81. The van der Waals surface area contributed by atoms with Crippen LogP contribution in [-0.2, 0) is 5.41 Å². The van der Waals surface area contributed by atoms with E-state index in [-0.39, 0.29) is 5.41 Å². The van der Waals surface area contributed by atoms with E-state index in [2.05, 4.69) is 170 Å². The molecule has 1 aliphatic rings. The Kier molecular flexibility index (Phi) is 5.78. The summed E-state index contributed by atoms with van der Waals surface area (Å²) in [5.41, 5.74) is 11.3. The van der Waals surface area contributed by atoms with Crippen LogP contribution >= 0.6 is 11.3 Å². The molecule has 45 heavy (non-hydrogen) atoms. The van der Waals surface area contributed by atoms with Gasteiger partial charge >= 0.3 is 0 Å². The molecule has 0 spiro atoms. The number of hydrogen-bond donors (Lipinski definition) is 0. The molecule has 1 aliphatic carbocycles. The predicted molar refractivity (Wildman–Crippen MR) is 195 cm³/mol. The van der Waals surface area contributed by atoms with Crippen LogP contribution < -0.4 is 4.90 Å². The van der Waals surface area contributed by atoms with Crippen molar-refractivity contribution < 1.29 is 0 Å². The highest BCUT2D eigenvalue weighted by atomic mass is 32.1. The summed E-state index contributed by atoms with van der Waals surface area (Å²) in [5, 5.41) is 5.16. The molecule has 1 heterocycles. The van der Waals surface area contributed by atoms with Crippen LogP contribution in [0, 0.1) is 0 Å². The minimum atomic E-state index is -0.108. The Balaban J connectivity index is 1.36. The van der Waals surface area contributed by atoms with Gasteiger partial charge in [-0.05, 0) is 69.6 Å². The molecule has 7 aromatic carbocycles. The fraction of sp³-hybridized carbons (Fsp3) is 0.0698. The lowest BCUT2D eigenvalue weighted by molar-refractivity contribution is 0.661. The van der Waals surface area contributed by atoms with Crippen molar-refractivity contribution in [3.63, 3.8) is 0 Å². The van der Waals surface area contributed by atoms with Crippen molar-refractivity contribution >= 4 is 59.3 Å². The number of nitrogens with zero attached hydrogens (tertiary/aromatic N) is 1. The van der Waals surface area contributed by atoms with E-state index in [1.807, 2.05) is 11.3 Å². The van der Waals surface area contributed by atoms with E-state index in [1.54, 1.807) is 0 Å². The van der Waals surface area contributed by atoms with Gasteiger partial charge in [-0.3, -0.25) is 0 Å². The molecule has 0 bridgehead atoms. The molecule has 214 valence electrons. The second kappa shape index (κ2) is 9.92. The summed E-state index contributed by atoms with van der Waals surface area (Å²) in [6.45, 7) is 4.75. The van der Waals surface area contributed by atoms with Crippen LogP contribution in [0.1, 0.15) is 25.0 Å². The van der Waals surface area contributed by atoms with Crippen molar-refractivity contribution in [1.29, 1.82) is 0 Å². The zero-order valence-corrected chi connectivity index (χ0v) is 26.1. The molecule has 1 aromatic heterocycles. The summed E-state index contributed by atoms with van der Waals surface area (Å²) in [4.78, 5) is 2.51. The molecule has 0 amide bonds. The van der Waals surface area contributed by atoms with Gasteiger partial charge in [0, 0.05) is 47.9 Å². The third kappa shape index (κ3) is 3.99. The maximum absolute atomic E-state index is 2.51. The molecule has 0 atom stereocenters. The van der Waals surface area contributed by atoms with Gasteiger partial charge in [-0.25, -0.2) is 0 Å². The first-order valence-electron chi connectivity index (χ1n) is 15.6. The molecule has 0 saturated carbocycles. The molecule has 0 saturated heterocycles. The number of rotatable bonds is 4. The van der Waals surface area contributed by atoms with Gasteiger partial charge in [-0.1, -0.05) is 129 Å². The van der Waals surface area contributed by atoms with E-state index < -0.39 is 0 Å². The van der Waals surface area contributed by atoms with E-state index in [0.717, 1.165) is 5.69 Å². The van der Waals surface area contributed by atoms with Gasteiger partial charge in [0.15, 0.2) is 0 Å². The summed E-state index contributed by atoms with van der Waals surface area (Å²) < 4.78 is 2.63. The van der Waals surface area contributed by atoms with Crippen molar-refractivity contribution in [3.8, 4) is 22.3 Å². The average molecular weight is 594 g/mol.